The average molecular weight is 368 g/mol. The predicted molar refractivity (Wildman–Crippen MR) is 98.7 cm³/mol. The summed E-state index contributed by atoms with van der Waals surface area (Å²) in [6, 6.07) is 12.9. The maximum absolute atomic E-state index is 13.1. The highest BCUT2D eigenvalue weighted by atomic mass is 16.6. The molecule has 1 aliphatic heterocycles. The summed E-state index contributed by atoms with van der Waals surface area (Å²) in [6.07, 6.45) is 2.50. The maximum atomic E-state index is 13.1. The highest BCUT2D eigenvalue weighted by molar-refractivity contribution is 5.83. The van der Waals surface area contributed by atoms with E-state index in [0.717, 1.165) is 25.3 Å². The van der Waals surface area contributed by atoms with Crippen LogP contribution in [0.15, 0.2) is 48.5 Å². The Kier molecular flexibility index (Phi) is 5.80. The van der Waals surface area contributed by atoms with E-state index in [1.54, 1.807) is 29.2 Å². The van der Waals surface area contributed by atoms with Gasteiger partial charge in [-0.15, -0.1) is 0 Å². The van der Waals surface area contributed by atoms with Gasteiger partial charge in [-0.2, -0.15) is 0 Å². The first kappa shape index (κ1) is 18.6. The normalized spacial score (nSPS) is 15.0. The summed E-state index contributed by atoms with van der Waals surface area (Å²) in [5.74, 6) is -0.250. The zero-order valence-electron chi connectivity index (χ0n) is 14.7. The van der Waals surface area contributed by atoms with E-state index in [0.29, 0.717) is 24.9 Å². The molecule has 0 radical (unpaired) electrons. The van der Waals surface area contributed by atoms with Gasteiger partial charge in [-0.25, -0.2) is 0 Å². The van der Waals surface area contributed by atoms with E-state index in [1.807, 2.05) is 6.07 Å². The largest absolute Gasteiger partial charge is 0.469 e. The molecule has 0 aliphatic carbocycles. The van der Waals surface area contributed by atoms with Gasteiger partial charge in [-0.05, 0) is 31.4 Å². The Balaban J connectivity index is 1.95. The molecule has 0 N–H and O–H groups in total. The van der Waals surface area contributed by atoms with Gasteiger partial charge in [0.1, 0.15) is 6.29 Å². The summed E-state index contributed by atoms with van der Waals surface area (Å²) in [5, 5.41) is 11.4. The Bertz CT molecular complexity index is 832. The lowest BCUT2D eigenvalue weighted by Gasteiger charge is -2.30. The van der Waals surface area contributed by atoms with Crippen LogP contribution in [0.2, 0.25) is 0 Å². The second-order valence-corrected chi connectivity index (χ2v) is 6.40. The molecule has 1 amide bonds. The predicted octanol–water partition coefficient (Wildman–Crippen LogP) is 3.54. The van der Waals surface area contributed by atoms with Gasteiger partial charge in [0.2, 0.25) is 6.10 Å². The van der Waals surface area contributed by atoms with Crippen LogP contribution in [0, 0.1) is 10.1 Å². The number of aldehydes is 1. The number of ether oxygens (including phenoxy) is 1. The lowest BCUT2D eigenvalue weighted by Crippen LogP contribution is -2.40. The van der Waals surface area contributed by atoms with Crippen molar-refractivity contribution in [2.24, 2.45) is 0 Å². The Morgan fingerprint density at radius 2 is 1.81 bits per heavy atom. The molecule has 3 rings (SSSR count). The third-order valence-electron chi connectivity index (χ3n) is 4.55. The van der Waals surface area contributed by atoms with Crippen LogP contribution in [0.4, 0.5) is 5.69 Å². The number of likely N-dealkylation sites (tertiary alicyclic amines) is 1. The van der Waals surface area contributed by atoms with Crippen molar-refractivity contribution in [3.05, 3.63) is 69.8 Å². The zero-order chi connectivity index (χ0) is 19.2. The molecule has 1 fully saturated rings. The molecular formula is C20H20N2O5. The summed E-state index contributed by atoms with van der Waals surface area (Å²) in [7, 11) is 0. The van der Waals surface area contributed by atoms with Crippen LogP contribution in [-0.4, -0.2) is 35.1 Å². The summed E-state index contributed by atoms with van der Waals surface area (Å²) in [4.78, 5) is 36.5. The molecule has 1 saturated heterocycles. The number of piperidine rings is 1. The molecule has 7 heteroatoms. The van der Waals surface area contributed by atoms with Crippen molar-refractivity contribution in [2.45, 2.75) is 25.4 Å². The van der Waals surface area contributed by atoms with Crippen LogP contribution < -0.4 is 4.74 Å². The molecule has 2 aromatic rings. The molecule has 0 aromatic heterocycles. The minimum atomic E-state index is -0.981. The SMILES string of the molecule is O=Cc1ccc(O[C@@H](C(=O)N2CCCCC2)c2ccccc2)c([N+](=O)[O-])c1. The van der Waals surface area contributed by atoms with Crippen molar-refractivity contribution in [2.75, 3.05) is 13.1 Å². The Hall–Kier alpha value is -3.22. The van der Waals surface area contributed by atoms with Crippen molar-refractivity contribution in [1.82, 2.24) is 4.90 Å². The Labute approximate surface area is 156 Å². The van der Waals surface area contributed by atoms with Crippen LogP contribution >= 0.6 is 0 Å². The minimum Gasteiger partial charge on any atom is -0.469 e. The van der Waals surface area contributed by atoms with Crippen molar-refractivity contribution in [3.8, 4) is 5.75 Å². The van der Waals surface area contributed by atoms with Crippen LogP contribution in [0.3, 0.4) is 0 Å². The lowest BCUT2D eigenvalue weighted by atomic mass is 10.1. The number of nitro benzene ring substituents is 1. The van der Waals surface area contributed by atoms with E-state index in [9.17, 15) is 19.7 Å². The minimum absolute atomic E-state index is 0.0372. The van der Waals surface area contributed by atoms with Crippen LogP contribution in [0.1, 0.15) is 41.3 Å². The number of amides is 1. The number of carbonyl (C=O) groups excluding carboxylic acids is 2. The molecule has 0 saturated carbocycles. The zero-order valence-corrected chi connectivity index (χ0v) is 14.7. The smallest absolute Gasteiger partial charge is 0.311 e. The van der Waals surface area contributed by atoms with Crippen LogP contribution in [0.5, 0.6) is 5.75 Å². The topological polar surface area (TPSA) is 89.8 Å². The first-order valence-electron chi connectivity index (χ1n) is 8.84. The highest BCUT2D eigenvalue weighted by Crippen LogP contribution is 2.33. The number of hydrogen-bond acceptors (Lipinski definition) is 5. The van der Waals surface area contributed by atoms with Gasteiger partial charge < -0.3 is 9.64 Å². The molecule has 1 atom stereocenters. The second-order valence-electron chi connectivity index (χ2n) is 6.40. The number of nitro groups is 1. The molecular weight excluding hydrogens is 348 g/mol. The molecule has 140 valence electrons. The van der Waals surface area contributed by atoms with Gasteiger partial charge in [0.15, 0.2) is 5.75 Å². The van der Waals surface area contributed by atoms with Crippen molar-refractivity contribution < 1.29 is 19.2 Å². The van der Waals surface area contributed by atoms with Crippen molar-refractivity contribution in [1.29, 1.82) is 0 Å². The van der Waals surface area contributed by atoms with E-state index in [4.69, 9.17) is 4.74 Å². The number of benzene rings is 2. The Morgan fingerprint density at radius 1 is 1.11 bits per heavy atom. The number of hydrogen-bond donors (Lipinski definition) is 0. The molecule has 0 spiro atoms. The van der Waals surface area contributed by atoms with E-state index < -0.39 is 11.0 Å². The summed E-state index contributed by atoms with van der Waals surface area (Å²) >= 11 is 0. The summed E-state index contributed by atoms with van der Waals surface area (Å²) in [5.41, 5.74) is 0.460. The third kappa shape index (κ3) is 4.31. The molecule has 7 nitrogen and oxygen atoms in total. The lowest BCUT2D eigenvalue weighted by molar-refractivity contribution is -0.386. The van der Waals surface area contributed by atoms with Gasteiger partial charge in [0, 0.05) is 30.3 Å². The second kappa shape index (κ2) is 8.44. The molecule has 1 heterocycles. The van der Waals surface area contributed by atoms with Crippen molar-refractivity contribution in [3.63, 3.8) is 0 Å². The highest BCUT2D eigenvalue weighted by Gasteiger charge is 2.30. The maximum Gasteiger partial charge on any atom is 0.311 e. The quantitative estimate of drug-likeness (QED) is 0.442. The molecule has 1 aliphatic rings. The monoisotopic (exact) mass is 368 g/mol. The van der Waals surface area contributed by atoms with Gasteiger partial charge in [-0.3, -0.25) is 19.7 Å². The number of rotatable bonds is 6. The van der Waals surface area contributed by atoms with E-state index in [-0.39, 0.29) is 22.9 Å². The van der Waals surface area contributed by atoms with E-state index in [2.05, 4.69) is 0 Å². The van der Waals surface area contributed by atoms with Crippen LogP contribution in [-0.2, 0) is 4.79 Å². The van der Waals surface area contributed by atoms with Crippen LogP contribution in [0.25, 0.3) is 0 Å². The fourth-order valence-corrected chi connectivity index (χ4v) is 3.15. The molecule has 0 bridgehead atoms. The number of nitrogens with zero attached hydrogens (tertiary/aromatic N) is 2. The first-order chi connectivity index (χ1) is 13.1. The first-order valence-corrected chi connectivity index (χ1v) is 8.84. The average Bonchev–Trinajstić information content (AvgIpc) is 2.72. The van der Waals surface area contributed by atoms with Crippen molar-refractivity contribution >= 4 is 17.9 Å². The van der Waals surface area contributed by atoms with Gasteiger partial charge in [-0.1, -0.05) is 30.3 Å². The molecule has 27 heavy (non-hydrogen) atoms. The van der Waals surface area contributed by atoms with Gasteiger partial charge in [0.05, 0.1) is 4.92 Å². The standard InChI is InChI=1S/C20H20N2O5/c23-14-15-9-10-18(17(13-15)22(25)26)27-19(16-7-3-1-4-8-16)20(24)21-11-5-2-6-12-21/h1,3-4,7-10,13-14,19H,2,5-6,11-12H2/t19-/m1/s1. The summed E-state index contributed by atoms with van der Waals surface area (Å²) in [6.45, 7) is 1.30. The van der Waals surface area contributed by atoms with E-state index in [1.165, 1.54) is 12.1 Å². The fraction of sp³-hybridized carbons (Fsp3) is 0.300. The van der Waals surface area contributed by atoms with Gasteiger partial charge in [0.25, 0.3) is 5.91 Å². The fourth-order valence-electron chi connectivity index (χ4n) is 3.15. The van der Waals surface area contributed by atoms with Gasteiger partial charge >= 0.3 is 5.69 Å². The Morgan fingerprint density at radius 3 is 2.44 bits per heavy atom. The molecule has 2 aromatic carbocycles. The van der Waals surface area contributed by atoms with E-state index >= 15 is 0 Å². The summed E-state index contributed by atoms with van der Waals surface area (Å²) < 4.78 is 5.86. The molecule has 0 unspecified atom stereocenters. The third-order valence-corrected chi connectivity index (χ3v) is 4.55. The number of carbonyl (C=O) groups is 2.